The van der Waals surface area contributed by atoms with E-state index in [2.05, 4.69) is 0 Å². The summed E-state index contributed by atoms with van der Waals surface area (Å²) in [6.45, 7) is 0.543. The first-order valence-corrected chi connectivity index (χ1v) is 3.88. The number of hydrogen-bond donors (Lipinski definition) is 2. The number of rotatable bonds is 2. The van der Waals surface area contributed by atoms with E-state index in [4.69, 9.17) is 5.21 Å². The fraction of sp³-hybridized carbons (Fsp3) is 0.714. The Morgan fingerprint density at radius 1 is 1.58 bits per heavy atom. The maximum atomic E-state index is 11.0. The highest BCUT2D eigenvalue weighted by Crippen LogP contribution is 2.14. The highest BCUT2D eigenvalue weighted by molar-refractivity contribution is 5.82. The highest BCUT2D eigenvalue weighted by Gasteiger charge is 2.27. The Balaban J connectivity index is 2.58. The summed E-state index contributed by atoms with van der Waals surface area (Å²) in [5, 5.41) is 8.34. The largest absolute Gasteiger partial charge is 0.322 e. The van der Waals surface area contributed by atoms with Crippen molar-refractivity contribution in [2.24, 2.45) is 0 Å². The lowest BCUT2D eigenvalue weighted by atomic mass is 10.0. The average Bonchev–Trinajstić information content (AvgIpc) is 2.16. The monoisotopic (exact) mass is 171 g/mol. The van der Waals surface area contributed by atoms with Crippen molar-refractivity contribution >= 4 is 12.3 Å². The Kier molecular flexibility index (Phi) is 3.04. The van der Waals surface area contributed by atoms with Crippen molar-refractivity contribution in [3.63, 3.8) is 0 Å². The van der Waals surface area contributed by atoms with Crippen molar-refractivity contribution in [1.29, 1.82) is 0 Å². The first-order chi connectivity index (χ1) is 5.79. The lowest BCUT2D eigenvalue weighted by Crippen LogP contribution is -2.47. The van der Waals surface area contributed by atoms with Crippen molar-refractivity contribution in [1.82, 2.24) is 10.4 Å². The van der Waals surface area contributed by atoms with E-state index in [1.54, 1.807) is 6.41 Å². The van der Waals surface area contributed by atoms with Gasteiger partial charge in [0.05, 0.1) is 0 Å². The maximum Gasteiger partial charge on any atom is 0.312 e. The van der Waals surface area contributed by atoms with E-state index in [9.17, 15) is 9.59 Å². The zero-order valence-corrected chi connectivity index (χ0v) is 6.62. The Morgan fingerprint density at radius 3 is 2.92 bits per heavy atom. The molecule has 1 saturated heterocycles. The van der Waals surface area contributed by atoms with Crippen molar-refractivity contribution in [3.05, 3.63) is 0 Å². The van der Waals surface area contributed by atoms with Gasteiger partial charge in [-0.05, 0) is 19.3 Å². The molecule has 1 fully saturated rings. The third kappa shape index (κ3) is 1.73. The Labute approximate surface area is 70.3 Å². The number of carbonyl (C=O) groups excluding carboxylic acids is 2. The molecule has 1 heterocycles. The van der Waals surface area contributed by atoms with E-state index < -0.39 is 11.9 Å². The molecule has 0 aromatic carbocycles. The average molecular weight is 171 g/mol. The first kappa shape index (κ1) is 8.99. The lowest BCUT2D eigenvalue weighted by molar-refractivity contribution is -0.134. The molecular formula is C7H11N2O3. The molecule has 1 rings (SSSR count). The van der Waals surface area contributed by atoms with Crippen LogP contribution < -0.4 is 5.48 Å². The standard InChI is InChI=1S/C7H11N2O3/c10-5-9-4-2-1-3-6(9)7(11)8-12/h6,12H,1-4H2,(H,8,11). The molecule has 0 aliphatic carbocycles. The molecule has 0 spiro atoms. The number of hydroxylamine groups is 1. The summed E-state index contributed by atoms with van der Waals surface area (Å²) in [5.41, 5.74) is 1.54. The Bertz CT molecular complexity index is 183. The number of nitrogens with zero attached hydrogens (tertiary/aromatic N) is 1. The molecule has 5 heteroatoms. The van der Waals surface area contributed by atoms with Gasteiger partial charge in [-0.3, -0.25) is 14.8 Å². The van der Waals surface area contributed by atoms with E-state index in [0.29, 0.717) is 13.0 Å². The zero-order valence-electron chi connectivity index (χ0n) is 6.62. The fourth-order valence-corrected chi connectivity index (χ4v) is 1.39. The summed E-state index contributed by atoms with van der Waals surface area (Å²) in [7, 11) is 0. The quantitative estimate of drug-likeness (QED) is 0.431. The molecule has 1 unspecified atom stereocenters. The van der Waals surface area contributed by atoms with Crippen LogP contribution in [-0.4, -0.2) is 35.0 Å². The van der Waals surface area contributed by atoms with Gasteiger partial charge < -0.3 is 4.90 Å². The number of likely N-dealkylation sites (tertiary alicyclic amines) is 1. The van der Waals surface area contributed by atoms with Gasteiger partial charge in [0.15, 0.2) is 0 Å². The van der Waals surface area contributed by atoms with Crippen LogP contribution in [-0.2, 0) is 9.59 Å². The van der Waals surface area contributed by atoms with Crippen LogP contribution in [0.5, 0.6) is 0 Å². The third-order valence-corrected chi connectivity index (χ3v) is 2.03. The molecule has 1 radical (unpaired) electrons. The molecular weight excluding hydrogens is 160 g/mol. The van der Waals surface area contributed by atoms with Crippen molar-refractivity contribution in [2.45, 2.75) is 25.3 Å². The molecule has 0 aromatic rings. The third-order valence-electron chi connectivity index (χ3n) is 2.03. The molecule has 0 aromatic heterocycles. The number of hydrogen-bond acceptors (Lipinski definition) is 3. The van der Waals surface area contributed by atoms with Gasteiger partial charge in [-0.2, -0.15) is 0 Å². The topological polar surface area (TPSA) is 69.6 Å². The van der Waals surface area contributed by atoms with Crippen LogP contribution in [0.3, 0.4) is 0 Å². The molecule has 5 nitrogen and oxygen atoms in total. The van der Waals surface area contributed by atoms with Gasteiger partial charge in [-0.1, -0.05) is 0 Å². The second-order valence-electron chi connectivity index (χ2n) is 2.77. The number of carbonyl (C=O) groups is 1. The molecule has 1 atom stereocenters. The first-order valence-electron chi connectivity index (χ1n) is 3.88. The van der Waals surface area contributed by atoms with Crippen LogP contribution in [0.4, 0.5) is 0 Å². The normalized spacial score (nSPS) is 23.4. The molecule has 1 aliphatic rings. The molecule has 67 valence electrons. The summed E-state index contributed by atoms with van der Waals surface area (Å²) in [4.78, 5) is 22.6. The molecule has 2 amide bonds. The summed E-state index contributed by atoms with van der Waals surface area (Å²) >= 11 is 0. The minimum atomic E-state index is -0.541. The SMILES string of the molecule is O=[C]N1CCCCC1C(=O)NO. The summed E-state index contributed by atoms with van der Waals surface area (Å²) < 4.78 is 0. The van der Waals surface area contributed by atoms with Crippen LogP contribution in [0.15, 0.2) is 0 Å². The Hall–Kier alpha value is -1.10. The van der Waals surface area contributed by atoms with Crippen LogP contribution in [0.25, 0.3) is 0 Å². The van der Waals surface area contributed by atoms with E-state index in [1.807, 2.05) is 0 Å². The minimum absolute atomic E-state index is 0.530. The lowest BCUT2D eigenvalue weighted by Gasteiger charge is -2.29. The summed E-state index contributed by atoms with van der Waals surface area (Å²) in [6.07, 6.45) is 4.07. The van der Waals surface area contributed by atoms with Gasteiger partial charge in [0.1, 0.15) is 6.04 Å². The van der Waals surface area contributed by atoms with Gasteiger partial charge in [-0.15, -0.1) is 0 Å². The second-order valence-corrected chi connectivity index (χ2v) is 2.77. The van der Waals surface area contributed by atoms with Gasteiger partial charge in [0.25, 0.3) is 5.91 Å². The molecule has 2 N–H and O–H groups in total. The van der Waals surface area contributed by atoms with Gasteiger partial charge in [-0.25, -0.2) is 5.48 Å². The molecule has 12 heavy (non-hydrogen) atoms. The van der Waals surface area contributed by atoms with Crippen LogP contribution >= 0.6 is 0 Å². The van der Waals surface area contributed by atoms with E-state index >= 15 is 0 Å². The highest BCUT2D eigenvalue weighted by atomic mass is 16.5. The van der Waals surface area contributed by atoms with E-state index in [-0.39, 0.29) is 0 Å². The smallest absolute Gasteiger partial charge is 0.312 e. The van der Waals surface area contributed by atoms with Crippen molar-refractivity contribution < 1.29 is 14.8 Å². The number of amides is 2. The van der Waals surface area contributed by atoms with Gasteiger partial charge in [0, 0.05) is 6.54 Å². The summed E-state index contributed by atoms with van der Waals surface area (Å²) in [5.74, 6) is -0.530. The van der Waals surface area contributed by atoms with Crippen LogP contribution in [0.1, 0.15) is 19.3 Å². The van der Waals surface area contributed by atoms with Crippen molar-refractivity contribution in [3.8, 4) is 0 Å². The minimum Gasteiger partial charge on any atom is -0.322 e. The fourth-order valence-electron chi connectivity index (χ4n) is 1.39. The number of piperidine rings is 1. The maximum absolute atomic E-state index is 11.0. The zero-order chi connectivity index (χ0) is 8.97. The molecule has 0 bridgehead atoms. The van der Waals surface area contributed by atoms with Crippen LogP contribution in [0.2, 0.25) is 0 Å². The molecule has 1 aliphatic heterocycles. The predicted octanol–water partition coefficient (Wildman–Crippen LogP) is -0.587. The van der Waals surface area contributed by atoms with Crippen LogP contribution in [0, 0.1) is 0 Å². The van der Waals surface area contributed by atoms with E-state index in [0.717, 1.165) is 12.8 Å². The van der Waals surface area contributed by atoms with Gasteiger partial charge in [0.2, 0.25) is 0 Å². The van der Waals surface area contributed by atoms with Gasteiger partial charge >= 0.3 is 6.41 Å². The Morgan fingerprint density at radius 2 is 2.33 bits per heavy atom. The van der Waals surface area contributed by atoms with Crippen molar-refractivity contribution in [2.75, 3.05) is 6.54 Å². The summed E-state index contributed by atoms with van der Waals surface area (Å²) in [6, 6.07) is -0.541. The van der Waals surface area contributed by atoms with E-state index in [1.165, 1.54) is 10.4 Å². The predicted molar refractivity (Wildman–Crippen MR) is 40.0 cm³/mol. The number of nitrogens with one attached hydrogen (secondary N) is 1. The second kappa shape index (κ2) is 4.06. The molecule has 0 saturated carbocycles.